The van der Waals surface area contributed by atoms with Crippen molar-refractivity contribution < 1.29 is 42.9 Å². The SMILES string of the molecule is O=C(O)Cc1ccc2c(F)c(CC(=O)Oc3ccc4c5c3O[C@H]3C(=O)CC[C@@]6(O)[C@@H](C4)N(CC4CC4)CC[C@]536)ccc2c1F. The summed E-state index contributed by atoms with van der Waals surface area (Å²) in [5.74, 6) is -2.57. The van der Waals surface area contributed by atoms with Gasteiger partial charge < -0.3 is 19.7 Å². The van der Waals surface area contributed by atoms with E-state index in [2.05, 4.69) is 4.90 Å². The first-order valence-corrected chi connectivity index (χ1v) is 15.2. The molecular weight excluding hydrogens is 572 g/mol. The molecule has 2 bridgehead atoms. The minimum Gasteiger partial charge on any atom is -0.481 e. The Morgan fingerprint density at radius 3 is 2.39 bits per heavy atom. The van der Waals surface area contributed by atoms with Gasteiger partial charge >= 0.3 is 11.9 Å². The Morgan fingerprint density at radius 2 is 1.70 bits per heavy atom. The smallest absolute Gasteiger partial charge is 0.315 e. The lowest BCUT2D eigenvalue weighted by Crippen LogP contribution is -2.76. The molecule has 3 fully saturated rings. The minimum absolute atomic E-state index is 0.00845. The highest BCUT2D eigenvalue weighted by Gasteiger charge is 2.73. The fraction of sp³-hybridized carbons (Fsp3) is 0.441. The highest BCUT2D eigenvalue weighted by molar-refractivity contribution is 5.91. The number of esters is 1. The highest BCUT2D eigenvalue weighted by Crippen LogP contribution is 2.65. The number of hydrogen-bond donors (Lipinski definition) is 2. The summed E-state index contributed by atoms with van der Waals surface area (Å²) in [4.78, 5) is 39.9. The summed E-state index contributed by atoms with van der Waals surface area (Å²) in [6.45, 7) is 1.70. The molecule has 1 saturated heterocycles. The van der Waals surface area contributed by atoms with Crippen LogP contribution in [0.2, 0.25) is 0 Å². The second kappa shape index (κ2) is 9.55. The zero-order valence-electron chi connectivity index (χ0n) is 23.9. The van der Waals surface area contributed by atoms with Gasteiger partial charge in [0, 0.05) is 35.3 Å². The Labute approximate surface area is 251 Å². The average molecular weight is 604 g/mol. The normalized spacial score (nSPS) is 28.5. The topological polar surface area (TPSA) is 113 Å². The number of carbonyl (C=O) groups is 3. The molecule has 2 heterocycles. The maximum Gasteiger partial charge on any atom is 0.315 e. The number of carbonyl (C=O) groups excluding carboxylic acids is 2. The van der Waals surface area contributed by atoms with E-state index in [1.807, 2.05) is 6.07 Å². The first-order chi connectivity index (χ1) is 21.1. The summed E-state index contributed by atoms with van der Waals surface area (Å²) in [6, 6.07) is 8.56. The largest absolute Gasteiger partial charge is 0.481 e. The lowest BCUT2D eigenvalue weighted by atomic mass is 9.49. The Kier molecular flexibility index (Phi) is 6.00. The van der Waals surface area contributed by atoms with E-state index in [9.17, 15) is 23.9 Å². The Bertz CT molecular complexity index is 1790. The van der Waals surface area contributed by atoms with Crippen LogP contribution in [0.1, 0.15) is 54.4 Å². The van der Waals surface area contributed by atoms with Gasteiger partial charge in [0.15, 0.2) is 23.4 Å². The van der Waals surface area contributed by atoms with Crippen LogP contribution < -0.4 is 9.47 Å². The van der Waals surface area contributed by atoms with Gasteiger partial charge in [0.1, 0.15) is 11.6 Å². The van der Waals surface area contributed by atoms with Gasteiger partial charge in [-0.2, -0.15) is 0 Å². The van der Waals surface area contributed by atoms with Crippen LogP contribution in [0.3, 0.4) is 0 Å². The molecule has 0 unspecified atom stereocenters. The second-order valence-corrected chi connectivity index (χ2v) is 13.1. The van der Waals surface area contributed by atoms with Gasteiger partial charge in [-0.3, -0.25) is 19.3 Å². The predicted octanol–water partition coefficient (Wildman–Crippen LogP) is 4.03. The van der Waals surface area contributed by atoms with Crippen molar-refractivity contribution >= 4 is 28.5 Å². The molecule has 2 N–H and O–H groups in total. The molecule has 5 aliphatic rings. The van der Waals surface area contributed by atoms with Gasteiger partial charge in [0.25, 0.3) is 0 Å². The van der Waals surface area contributed by atoms with Crippen molar-refractivity contribution in [3.8, 4) is 11.5 Å². The van der Waals surface area contributed by atoms with E-state index in [1.165, 1.54) is 37.1 Å². The van der Waals surface area contributed by atoms with Gasteiger partial charge in [-0.1, -0.05) is 30.3 Å². The molecule has 8 rings (SSSR count). The monoisotopic (exact) mass is 603 g/mol. The number of likely N-dealkylation sites (tertiary alicyclic amines) is 1. The van der Waals surface area contributed by atoms with Crippen LogP contribution in [0.15, 0.2) is 36.4 Å². The zero-order valence-corrected chi connectivity index (χ0v) is 23.9. The molecule has 3 aromatic rings. The summed E-state index contributed by atoms with van der Waals surface area (Å²) in [6.07, 6.45) is 2.32. The van der Waals surface area contributed by atoms with E-state index in [1.54, 1.807) is 6.07 Å². The number of rotatable bonds is 7. The fourth-order valence-electron chi connectivity index (χ4n) is 8.51. The van der Waals surface area contributed by atoms with Crippen molar-refractivity contribution in [2.75, 3.05) is 13.1 Å². The third-order valence-corrected chi connectivity index (χ3v) is 10.7. The fourth-order valence-corrected chi connectivity index (χ4v) is 8.51. The number of aliphatic carboxylic acids is 1. The van der Waals surface area contributed by atoms with Gasteiger partial charge in [0.2, 0.25) is 0 Å². The third-order valence-electron chi connectivity index (χ3n) is 10.7. The van der Waals surface area contributed by atoms with Crippen molar-refractivity contribution in [1.29, 1.82) is 0 Å². The Balaban J connectivity index is 1.10. The number of hydrogen-bond acceptors (Lipinski definition) is 7. The van der Waals surface area contributed by atoms with Gasteiger partial charge in [-0.15, -0.1) is 0 Å². The van der Waals surface area contributed by atoms with Crippen LogP contribution in [0.5, 0.6) is 11.5 Å². The summed E-state index contributed by atoms with van der Waals surface area (Å²) < 4.78 is 42.4. The highest BCUT2D eigenvalue weighted by atomic mass is 19.1. The average Bonchev–Trinajstić information content (AvgIpc) is 3.72. The summed E-state index contributed by atoms with van der Waals surface area (Å²) in [5, 5.41) is 21.3. The molecule has 228 valence electrons. The van der Waals surface area contributed by atoms with Gasteiger partial charge in [-0.05, 0) is 67.3 Å². The molecule has 0 amide bonds. The van der Waals surface area contributed by atoms with Crippen molar-refractivity contribution in [2.24, 2.45) is 5.92 Å². The summed E-state index contributed by atoms with van der Waals surface area (Å²) in [7, 11) is 0. The molecule has 44 heavy (non-hydrogen) atoms. The zero-order chi connectivity index (χ0) is 30.5. The lowest BCUT2D eigenvalue weighted by molar-refractivity contribution is -0.188. The molecule has 0 aromatic heterocycles. The number of piperidine rings is 1. The van der Waals surface area contributed by atoms with Gasteiger partial charge in [0.05, 0.1) is 23.9 Å². The molecule has 2 saturated carbocycles. The maximum absolute atomic E-state index is 15.4. The first-order valence-electron chi connectivity index (χ1n) is 15.2. The molecule has 1 spiro atoms. The van der Waals surface area contributed by atoms with Crippen LogP contribution in [0, 0.1) is 17.6 Å². The standard InChI is InChI=1S/C34H31F2NO7/c35-29-19(14-26(39)40)3-6-22-21(29)7-4-20(30(22)36)15-27(41)43-24-8-5-18-13-25-34(42)10-9-23(38)32-33(34,28(18)31(24)44-32)11-12-37(25)16-17-1-2-17/h3-8,17,25,32,42H,1-2,9-16H2,(H,39,40)/t25-,32+,33+,34-/m1/s1. The van der Waals surface area contributed by atoms with E-state index in [0.29, 0.717) is 30.9 Å². The van der Waals surface area contributed by atoms with E-state index in [-0.39, 0.29) is 45.9 Å². The van der Waals surface area contributed by atoms with Crippen LogP contribution in [0.4, 0.5) is 8.78 Å². The van der Waals surface area contributed by atoms with Crippen LogP contribution in [-0.2, 0) is 39.1 Å². The van der Waals surface area contributed by atoms with Crippen LogP contribution >= 0.6 is 0 Å². The van der Waals surface area contributed by atoms with Crippen LogP contribution in [0.25, 0.3) is 10.8 Å². The number of nitrogens with zero attached hydrogens (tertiary/aromatic N) is 1. The second-order valence-electron chi connectivity index (χ2n) is 13.1. The van der Waals surface area contributed by atoms with Crippen molar-refractivity contribution in [3.63, 3.8) is 0 Å². The van der Waals surface area contributed by atoms with Crippen molar-refractivity contribution in [2.45, 2.75) is 74.5 Å². The summed E-state index contributed by atoms with van der Waals surface area (Å²) >= 11 is 0. The number of Topliss-reactive ketones (excluding diaryl/α,β-unsaturated/α-hetero) is 1. The molecule has 2 aliphatic heterocycles. The number of benzene rings is 3. The predicted molar refractivity (Wildman–Crippen MR) is 153 cm³/mol. The number of aliphatic hydroxyl groups is 1. The Hall–Kier alpha value is -3.89. The van der Waals surface area contributed by atoms with Gasteiger partial charge in [-0.25, -0.2) is 8.78 Å². The van der Waals surface area contributed by atoms with E-state index >= 15 is 4.39 Å². The molecular formula is C34H31F2NO7. The number of fused-ring (bicyclic) bond motifs is 1. The van der Waals surface area contributed by atoms with Crippen molar-refractivity contribution in [3.05, 3.63) is 70.3 Å². The first kappa shape index (κ1) is 27.6. The number of carboxylic acid groups (broad SMARTS) is 1. The molecule has 3 aromatic carbocycles. The maximum atomic E-state index is 15.4. The van der Waals surface area contributed by atoms with Crippen LogP contribution in [-0.4, -0.2) is 63.7 Å². The quantitative estimate of drug-likeness (QED) is 0.308. The summed E-state index contributed by atoms with van der Waals surface area (Å²) in [5.41, 5.74) is -0.384. The molecule has 8 nitrogen and oxygen atoms in total. The number of carboxylic acids is 1. The minimum atomic E-state index is -1.20. The van der Waals surface area contributed by atoms with E-state index in [0.717, 1.165) is 24.2 Å². The van der Waals surface area contributed by atoms with E-state index < -0.39 is 53.5 Å². The third kappa shape index (κ3) is 3.83. The molecule has 10 heteroatoms. The number of halogens is 2. The number of ketones is 1. The Morgan fingerprint density at radius 1 is 1.00 bits per heavy atom. The number of ether oxygens (including phenoxy) is 2. The molecule has 4 atom stereocenters. The molecule has 0 radical (unpaired) electrons. The molecule has 3 aliphatic carbocycles. The lowest BCUT2D eigenvalue weighted by Gasteiger charge is -2.62. The van der Waals surface area contributed by atoms with Crippen molar-refractivity contribution in [1.82, 2.24) is 4.90 Å². The van der Waals surface area contributed by atoms with E-state index in [4.69, 9.17) is 14.6 Å².